The van der Waals surface area contributed by atoms with Crippen LogP contribution in [0.15, 0.2) is 46.0 Å². The number of hydrogen-bond donors (Lipinski definition) is 2. The van der Waals surface area contributed by atoms with Crippen molar-refractivity contribution in [2.24, 2.45) is 0 Å². The summed E-state index contributed by atoms with van der Waals surface area (Å²) in [6.07, 6.45) is -2.26. The molecule has 1 aliphatic heterocycles. The average molecular weight is 561 g/mol. The van der Waals surface area contributed by atoms with Gasteiger partial charge in [0.25, 0.3) is 21.6 Å². The van der Waals surface area contributed by atoms with Gasteiger partial charge in [0, 0.05) is 25.2 Å². The van der Waals surface area contributed by atoms with Crippen LogP contribution in [0, 0.1) is 10.1 Å². The number of carbonyl (C=O) groups excluding carboxylic acids is 1. The number of rotatable bonds is 11. The van der Waals surface area contributed by atoms with Crippen LogP contribution in [-0.2, 0) is 29.6 Å². The monoisotopic (exact) mass is 560 g/mol. The van der Waals surface area contributed by atoms with E-state index in [2.05, 4.69) is 5.32 Å². The normalized spacial score (nSPS) is 18.1. The smallest absolute Gasteiger partial charge is 0.305 e. The second-order valence-electron chi connectivity index (χ2n) is 7.86. The molecule has 2 atom stereocenters. The van der Waals surface area contributed by atoms with Crippen molar-refractivity contribution in [3.05, 3.63) is 57.5 Å². The van der Waals surface area contributed by atoms with Crippen LogP contribution in [0.1, 0.15) is 31.4 Å². The summed E-state index contributed by atoms with van der Waals surface area (Å²) in [5.74, 6) is -2.73. The van der Waals surface area contributed by atoms with E-state index in [-0.39, 0.29) is 40.7 Å². The largest absolute Gasteiger partial charge is 0.481 e. The van der Waals surface area contributed by atoms with Crippen LogP contribution in [0.5, 0.6) is 0 Å². The van der Waals surface area contributed by atoms with E-state index >= 15 is 0 Å². The molecular weight excluding hydrogens is 536 g/mol. The highest BCUT2D eigenvalue weighted by molar-refractivity contribution is 7.91. The minimum atomic E-state index is -4.26. The number of nitrogens with one attached hydrogen (secondary N) is 1. The fourth-order valence-electron chi connectivity index (χ4n) is 3.82. The molecule has 0 bridgehead atoms. The van der Waals surface area contributed by atoms with E-state index in [1.54, 1.807) is 6.92 Å². The molecule has 0 radical (unpaired) electrons. The molecule has 1 saturated heterocycles. The molecule has 1 fully saturated rings. The summed E-state index contributed by atoms with van der Waals surface area (Å²) in [5.41, 5.74) is -0.249. The number of hydrogen-bond acceptors (Lipinski definition) is 9. The van der Waals surface area contributed by atoms with Crippen molar-refractivity contribution in [2.75, 3.05) is 18.8 Å². The Hall–Kier alpha value is -2.92. The first-order valence-corrected chi connectivity index (χ1v) is 14.6. The lowest BCUT2D eigenvalue weighted by atomic mass is 10.0. The summed E-state index contributed by atoms with van der Waals surface area (Å²) in [4.78, 5) is 35.4. The minimum absolute atomic E-state index is 0.0872. The van der Waals surface area contributed by atoms with E-state index in [0.29, 0.717) is 0 Å². The number of thiophene rings is 1. The highest BCUT2D eigenvalue weighted by atomic mass is 32.2. The van der Waals surface area contributed by atoms with E-state index < -0.39 is 55.5 Å². The van der Waals surface area contributed by atoms with Crippen molar-refractivity contribution in [3.8, 4) is 0 Å². The molecule has 13 nitrogen and oxygen atoms in total. The Morgan fingerprint density at radius 2 is 1.89 bits per heavy atom. The summed E-state index contributed by atoms with van der Waals surface area (Å²) in [6.45, 7) is 1.06. The van der Waals surface area contributed by atoms with Gasteiger partial charge in [-0.25, -0.2) is 16.8 Å². The van der Waals surface area contributed by atoms with Gasteiger partial charge >= 0.3 is 5.97 Å². The highest BCUT2D eigenvalue weighted by Gasteiger charge is 2.49. The minimum Gasteiger partial charge on any atom is -0.481 e. The molecule has 0 aliphatic carbocycles. The van der Waals surface area contributed by atoms with Crippen LogP contribution in [0.25, 0.3) is 0 Å². The summed E-state index contributed by atoms with van der Waals surface area (Å²) in [7, 11) is -8.30. The number of carbonyl (C=O) groups is 2. The van der Waals surface area contributed by atoms with E-state index in [0.717, 1.165) is 26.0 Å². The first-order chi connectivity index (χ1) is 16.9. The molecule has 36 heavy (non-hydrogen) atoms. The predicted octanol–water partition coefficient (Wildman–Crippen LogP) is 1.36. The van der Waals surface area contributed by atoms with E-state index in [4.69, 9.17) is 0 Å². The zero-order chi connectivity index (χ0) is 26.7. The average Bonchev–Trinajstić information content (AvgIpc) is 3.49. The Kier molecular flexibility index (Phi) is 8.45. The standard InChI is InChI=1S/C20H24N4O9S3/c1-2-11-35(30,31)22-8-9-23(36(32,33)18-7-4-10-34-18)20(22)19(27)21-16(13-17(25)26)14-5-3-6-15(12-14)24(28)29/h3-7,10,12,16,20H,2,8-9,11,13H2,1H3,(H,21,27)(H,25,26). The lowest BCUT2D eigenvalue weighted by Gasteiger charge is -2.29. The number of nitrogens with zero attached hydrogens (tertiary/aromatic N) is 3. The quantitative estimate of drug-likeness (QED) is 0.302. The second kappa shape index (κ2) is 11.0. The molecule has 1 amide bonds. The Labute approximate surface area is 211 Å². The number of nitro groups is 1. The fraction of sp³-hybridized carbons (Fsp3) is 0.400. The van der Waals surface area contributed by atoms with Crippen molar-refractivity contribution in [3.63, 3.8) is 0 Å². The summed E-state index contributed by atoms with van der Waals surface area (Å²) in [6, 6.07) is 6.51. The zero-order valence-corrected chi connectivity index (χ0v) is 21.5. The maximum Gasteiger partial charge on any atom is 0.305 e. The van der Waals surface area contributed by atoms with Gasteiger partial charge in [0.15, 0.2) is 6.17 Å². The maximum absolute atomic E-state index is 13.5. The van der Waals surface area contributed by atoms with E-state index in [1.807, 2.05) is 0 Å². The molecule has 1 aliphatic rings. The van der Waals surface area contributed by atoms with Crippen LogP contribution in [0.4, 0.5) is 5.69 Å². The topological polar surface area (TPSA) is 184 Å². The molecule has 196 valence electrons. The van der Waals surface area contributed by atoms with Crippen molar-refractivity contribution >= 4 is 48.9 Å². The van der Waals surface area contributed by atoms with Crippen LogP contribution in [0.3, 0.4) is 0 Å². The molecule has 2 unspecified atom stereocenters. The van der Waals surface area contributed by atoms with Gasteiger partial charge in [-0.05, 0) is 23.4 Å². The summed E-state index contributed by atoms with van der Waals surface area (Å²) >= 11 is 0.902. The fourth-order valence-corrected chi connectivity index (χ4v) is 8.17. The predicted molar refractivity (Wildman–Crippen MR) is 129 cm³/mol. The Morgan fingerprint density at radius 1 is 1.19 bits per heavy atom. The number of nitro benzene ring substituents is 1. The number of carboxylic acid groups (broad SMARTS) is 1. The lowest BCUT2D eigenvalue weighted by Crippen LogP contribution is -2.54. The van der Waals surface area contributed by atoms with Gasteiger partial charge in [0.2, 0.25) is 10.0 Å². The molecule has 1 aromatic heterocycles. The molecule has 2 N–H and O–H groups in total. The molecule has 3 rings (SSSR count). The number of benzene rings is 1. The Bertz CT molecular complexity index is 1340. The van der Waals surface area contributed by atoms with Crippen molar-refractivity contribution in [2.45, 2.75) is 36.2 Å². The Morgan fingerprint density at radius 3 is 2.47 bits per heavy atom. The number of carboxylic acids is 1. The SMILES string of the molecule is CCCS(=O)(=O)N1CCN(S(=O)(=O)c2cccs2)C1C(=O)NC(CC(=O)O)c1cccc([N+](=O)[O-])c1. The van der Waals surface area contributed by atoms with Gasteiger partial charge in [0.1, 0.15) is 4.21 Å². The van der Waals surface area contributed by atoms with Gasteiger partial charge in [-0.1, -0.05) is 25.1 Å². The van der Waals surface area contributed by atoms with Crippen LogP contribution < -0.4 is 5.32 Å². The van der Waals surface area contributed by atoms with Crippen molar-refractivity contribution in [1.29, 1.82) is 0 Å². The molecule has 2 aromatic rings. The molecule has 1 aromatic carbocycles. The molecular formula is C20H24N4O9S3. The van der Waals surface area contributed by atoms with E-state index in [1.165, 1.54) is 35.7 Å². The third-order valence-corrected chi connectivity index (χ3v) is 10.6. The maximum atomic E-state index is 13.5. The second-order valence-corrected chi connectivity index (χ2v) is 13.0. The van der Waals surface area contributed by atoms with Gasteiger partial charge in [-0.3, -0.25) is 19.7 Å². The van der Waals surface area contributed by atoms with Crippen LogP contribution >= 0.6 is 11.3 Å². The summed E-state index contributed by atoms with van der Waals surface area (Å²) in [5, 5.41) is 24.5. The van der Waals surface area contributed by atoms with Crippen LogP contribution in [0.2, 0.25) is 0 Å². The molecule has 16 heteroatoms. The van der Waals surface area contributed by atoms with Gasteiger partial charge in [0.05, 0.1) is 23.1 Å². The third-order valence-electron chi connectivity index (χ3n) is 5.38. The molecule has 0 saturated carbocycles. The Balaban J connectivity index is 2.02. The number of non-ortho nitro benzene ring substituents is 1. The van der Waals surface area contributed by atoms with Gasteiger partial charge in [-0.15, -0.1) is 11.3 Å². The molecule has 0 spiro atoms. The van der Waals surface area contributed by atoms with Crippen LogP contribution in [-0.4, -0.2) is 72.4 Å². The van der Waals surface area contributed by atoms with Crippen molar-refractivity contribution < 1.29 is 36.5 Å². The number of amides is 1. The third kappa shape index (κ3) is 5.89. The lowest BCUT2D eigenvalue weighted by molar-refractivity contribution is -0.384. The first-order valence-electron chi connectivity index (χ1n) is 10.7. The van der Waals surface area contributed by atoms with Gasteiger partial charge in [-0.2, -0.15) is 8.61 Å². The summed E-state index contributed by atoms with van der Waals surface area (Å²) < 4.78 is 53.8. The zero-order valence-electron chi connectivity index (χ0n) is 19.0. The first kappa shape index (κ1) is 27.7. The van der Waals surface area contributed by atoms with Gasteiger partial charge < -0.3 is 10.4 Å². The molecule has 2 heterocycles. The highest BCUT2D eigenvalue weighted by Crippen LogP contribution is 2.30. The van der Waals surface area contributed by atoms with Crippen molar-refractivity contribution in [1.82, 2.24) is 13.9 Å². The van der Waals surface area contributed by atoms with E-state index in [9.17, 15) is 41.6 Å². The number of aliphatic carboxylic acids is 1. The number of sulfonamides is 2.